The maximum Gasteiger partial charge on any atom is 0.179 e. The highest BCUT2D eigenvalue weighted by Gasteiger charge is 2.11. The van der Waals surface area contributed by atoms with Crippen LogP contribution in [0, 0.1) is 13.8 Å². The monoisotopic (exact) mass is 387 g/mol. The second-order valence-corrected chi connectivity index (χ2v) is 7.61. The average Bonchev–Trinajstić information content (AvgIpc) is 3.21. The van der Waals surface area contributed by atoms with E-state index in [-0.39, 0.29) is 0 Å². The first kappa shape index (κ1) is 20.6. The molecular weight excluding hydrogens is 356 g/mol. The topological polar surface area (TPSA) is 35.8 Å². The fourth-order valence-corrected chi connectivity index (χ4v) is 3.47. The van der Waals surface area contributed by atoms with Gasteiger partial charge in [0.1, 0.15) is 6.54 Å². The fourth-order valence-electron chi connectivity index (χ4n) is 3.47. The lowest BCUT2D eigenvalue weighted by Gasteiger charge is -2.11. The van der Waals surface area contributed by atoms with Crippen molar-refractivity contribution < 1.29 is 4.57 Å². The van der Waals surface area contributed by atoms with Crippen LogP contribution in [0.3, 0.4) is 0 Å². The third-order valence-electron chi connectivity index (χ3n) is 5.08. The summed E-state index contributed by atoms with van der Waals surface area (Å²) >= 11 is 0. The van der Waals surface area contributed by atoms with Crippen LogP contribution >= 0.6 is 0 Å². The van der Waals surface area contributed by atoms with E-state index in [4.69, 9.17) is 0 Å². The van der Waals surface area contributed by atoms with Crippen molar-refractivity contribution >= 4 is 17.8 Å². The molecule has 0 aliphatic rings. The van der Waals surface area contributed by atoms with E-state index in [0.29, 0.717) is 0 Å². The number of benzene rings is 1. The van der Waals surface area contributed by atoms with Gasteiger partial charge < -0.3 is 9.88 Å². The SMILES string of the molecule is Cc1cc(/C=C/C=C/c2ccc(N(C)C)cc2)cc(C)[n+]1CCCc1cnc[nH]1. The molecule has 0 spiro atoms. The molecule has 0 unspecified atom stereocenters. The molecule has 0 atom stereocenters. The van der Waals surface area contributed by atoms with Crippen LogP contribution in [0.2, 0.25) is 0 Å². The first-order valence-corrected chi connectivity index (χ1v) is 10.1. The zero-order valence-electron chi connectivity index (χ0n) is 17.9. The van der Waals surface area contributed by atoms with Crippen molar-refractivity contribution in [1.82, 2.24) is 9.97 Å². The summed E-state index contributed by atoms with van der Waals surface area (Å²) in [5, 5.41) is 0. The van der Waals surface area contributed by atoms with E-state index in [1.54, 1.807) is 6.33 Å². The summed E-state index contributed by atoms with van der Waals surface area (Å²) in [5.74, 6) is 0. The van der Waals surface area contributed by atoms with E-state index in [0.717, 1.165) is 19.4 Å². The number of aromatic amines is 1. The number of imidazole rings is 1. The van der Waals surface area contributed by atoms with E-state index < -0.39 is 0 Å². The molecular formula is C25H31N4+. The zero-order valence-corrected chi connectivity index (χ0v) is 17.9. The highest BCUT2D eigenvalue weighted by Crippen LogP contribution is 2.13. The van der Waals surface area contributed by atoms with E-state index in [1.807, 2.05) is 6.20 Å². The Bertz CT molecular complexity index is 942. The molecule has 1 N–H and O–H groups in total. The summed E-state index contributed by atoms with van der Waals surface area (Å²) in [4.78, 5) is 9.36. The maximum atomic E-state index is 4.08. The molecule has 0 aliphatic heterocycles. The third-order valence-corrected chi connectivity index (χ3v) is 5.08. The molecule has 1 aromatic carbocycles. The van der Waals surface area contributed by atoms with Crippen LogP contribution in [0.1, 0.15) is 34.6 Å². The Hall–Kier alpha value is -3.14. The van der Waals surface area contributed by atoms with Gasteiger partial charge in [0, 0.05) is 64.1 Å². The van der Waals surface area contributed by atoms with Crippen LogP contribution in [0.15, 0.2) is 61.1 Å². The summed E-state index contributed by atoms with van der Waals surface area (Å²) in [6, 6.07) is 13.1. The number of hydrogen-bond acceptors (Lipinski definition) is 2. The highest BCUT2D eigenvalue weighted by atomic mass is 15.1. The van der Waals surface area contributed by atoms with Crippen molar-refractivity contribution in [2.24, 2.45) is 0 Å². The third kappa shape index (κ3) is 5.92. The quantitative estimate of drug-likeness (QED) is 0.448. The Balaban J connectivity index is 1.59. The van der Waals surface area contributed by atoms with Gasteiger partial charge in [-0.05, 0) is 29.7 Å². The van der Waals surface area contributed by atoms with E-state index in [9.17, 15) is 0 Å². The normalized spacial score (nSPS) is 11.6. The van der Waals surface area contributed by atoms with Crippen molar-refractivity contribution in [3.63, 3.8) is 0 Å². The van der Waals surface area contributed by atoms with Crippen LogP contribution in [0.25, 0.3) is 12.2 Å². The lowest BCUT2D eigenvalue weighted by Crippen LogP contribution is -2.40. The van der Waals surface area contributed by atoms with Crippen LogP contribution in [0.4, 0.5) is 5.69 Å². The Kier molecular flexibility index (Phi) is 7.01. The summed E-state index contributed by atoms with van der Waals surface area (Å²) in [6.45, 7) is 5.38. The Labute approximate surface area is 174 Å². The molecule has 0 saturated carbocycles. The number of aromatic nitrogens is 3. The number of H-pyrrole nitrogens is 1. The van der Waals surface area contributed by atoms with Gasteiger partial charge in [-0.15, -0.1) is 0 Å². The number of hydrogen-bond donors (Lipinski definition) is 1. The van der Waals surface area contributed by atoms with E-state index in [2.05, 4.69) is 108 Å². The van der Waals surface area contributed by atoms with Crippen molar-refractivity contribution in [1.29, 1.82) is 0 Å². The summed E-state index contributed by atoms with van der Waals surface area (Å²) in [5.41, 5.74) is 7.43. The molecule has 0 aliphatic carbocycles. The molecule has 2 aromatic heterocycles. The minimum Gasteiger partial charge on any atom is -0.378 e. The number of nitrogens with one attached hydrogen (secondary N) is 1. The Morgan fingerprint density at radius 2 is 1.62 bits per heavy atom. The standard InChI is InChI=1S/C25H31N4/c1-20-16-23(9-6-5-8-22-11-13-25(14-12-22)28(3)4)17-21(2)29(20)15-7-10-24-18-26-19-27-24/h5-6,8-9,11-14,16-19H,7,10,15H2,1-4H3,(H,26,27)/q+1. The van der Waals surface area contributed by atoms with Crippen molar-refractivity contribution in [2.75, 3.05) is 19.0 Å². The number of nitrogens with zero attached hydrogens (tertiary/aromatic N) is 3. The largest absolute Gasteiger partial charge is 0.378 e. The molecule has 3 rings (SSSR count). The maximum absolute atomic E-state index is 4.08. The van der Waals surface area contributed by atoms with Crippen molar-refractivity contribution in [3.05, 3.63) is 89.3 Å². The Morgan fingerprint density at radius 1 is 0.966 bits per heavy atom. The molecule has 29 heavy (non-hydrogen) atoms. The van der Waals surface area contributed by atoms with Crippen molar-refractivity contribution in [2.45, 2.75) is 33.2 Å². The second kappa shape index (κ2) is 9.87. The molecule has 0 amide bonds. The predicted molar refractivity (Wildman–Crippen MR) is 122 cm³/mol. The molecule has 4 nitrogen and oxygen atoms in total. The Morgan fingerprint density at radius 3 is 2.21 bits per heavy atom. The number of anilines is 1. The summed E-state index contributed by atoms with van der Waals surface area (Å²) in [6.07, 6.45) is 14.3. The smallest absolute Gasteiger partial charge is 0.179 e. The molecule has 0 fully saturated rings. The lowest BCUT2D eigenvalue weighted by atomic mass is 10.1. The van der Waals surface area contributed by atoms with Gasteiger partial charge in [-0.1, -0.05) is 36.4 Å². The van der Waals surface area contributed by atoms with Gasteiger partial charge in [-0.3, -0.25) is 0 Å². The molecule has 2 heterocycles. The second-order valence-electron chi connectivity index (χ2n) is 7.61. The molecule has 3 aromatic rings. The number of pyridine rings is 1. The highest BCUT2D eigenvalue weighted by molar-refractivity contribution is 5.59. The minimum atomic E-state index is 1.02. The van der Waals surface area contributed by atoms with Gasteiger partial charge >= 0.3 is 0 Å². The van der Waals surface area contributed by atoms with Gasteiger partial charge in [0.05, 0.1) is 6.33 Å². The summed E-state index contributed by atoms with van der Waals surface area (Å²) < 4.78 is 2.38. The van der Waals surface area contributed by atoms with Gasteiger partial charge in [0.2, 0.25) is 0 Å². The van der Waals surface area contributed by atoms with Crippen LogP contribution in [0.5, 0.6) is 0 Å². The molecule has 150 valence electrons. The van der Waals surface area contributed by atoms with Crippen LogP contribution < -0.4 is 9.47 Å². The lowest BCUT2D eigenvalue weighted by molar-refractivity contribution is -0.708. The molecule has 0 radical (unpaired) electrons. The van der Waals surface area contributed by atoms with E-state index >= 15 is 0 Å². The van der Waals surface area contributed by atoms with Gasteiger partial charge in [-0.2, -0.15) is 0 Å². The molecule has 0 bridgehead atoms. The van der Waals surface area contributed by atoms with Gasteiger partial charge in [0.15, 0.2) is 11.4 Å². The van der Waals surface area contributed by atoms with Crippen LogP contribution in [-0.2, 0) is 13.0 Å². The number of aryl methyl sites for hydroxylation is 3. The minimum absolute atomic E-state index is 1.02. The molecule has 0 saturated heterocycles. The van der Waals surface area contributed by atoms with Crippen molar-refractivity contribution in [3.8, 4) is 0 Å². The summed E-state index contributed by atoms with van der Waals surface area (Å²) in [7, 11) is 4.11. The zero-order chi connectivity index (χ0) is 20.6. The first-order valence-electron chi connectivity index (χ1n) is 10.1. The first-order chi connectivity index (χ1) is 14.0. The van der Waals surface area contributed by atoms with Gasteiger partial charge in [0.25, 0.3) is 0 Å². The van der Waals surface area contributed by atoms with Gasteiger partial charge in [-0.25, -0.2) is 9.55 Å². The predicted octanol–water partition coefficient (Wildman–Crippen LogP) is 4.74. The number of allylic oxidation sites excluding steroid dienone is 2. The van der Waals surface area contributed by atoms with Crippen LogP contribution in [-0.4, -0.2) is 24.1 Å². The van der Waals surface area contributed by atoms with E-state index in [1.165, 1.54) is 33.9 Å². The average molecular weight is 388 g/mol. The molecule has 4 heteroatoms. The number of rotatable bonds is 8. The fraction of sp³-hybridized carbons (Fsp3) is 0.280.